The van der Waals surface area contributed by atoms with Crippen LogP contribution < -0.4 is 5.73 Å². The molecule has 0 fully saturated rings. The van der Waals surface area contributed by atoms with Gasteiger partial charge in [-0.1, -0.05) is 20.8 Å². The van der Waals surface area contributed by atoms with E-state index >= 15 is 0 Å². The van der Waals surface area contributed by atoms with Crippen LogP contribution in [0.15, 0.2) is 5.38 Å². The normalized spacial score (nSPS) is 12.6. The van der Waals surface area contributed by atoms with Crippen molar-refractivity contribution in [2.24, 2.45) is 0 Å². The molecule has 0 aliphatic rings. The molecule has 1 aromatic heterocycles. The molecule has 96 valence electrons. The van der Waals surface area contributed by atoms with E-state index in [1.165, 1.54) is 11.3 Å². The lowest BCUT2D eigenvalue weighted by Crippen LogP contribution is -2.26. The number of rotatable bonds is 1. The van der Waals surface area contributed by atoms with Gasteiger partial charge in [0.2, 0.25) is 0 Å². The van der Waals surface area contributed by atoms with Crippen LogP contribution in [0.4, 0.5) is 5.00 Å². The molecule has 0 aromatic carbocycles. The van der Waals surface area contributed by atoms with Crippen LogP contribution in [0.2, 0.25) is 0 Å². The fraction of sp³-hybridized carbons (Fsp3) is 0.615. The van der Waals surface area contributed by atoms with Gasteiger partial charge in [0.1, 0.15) is 10.6 Å². The lowest BCUT2D eigenvalue weighted by molar-refractivity contribution is 0.00689. The minimum absolute atomic E-state index is 0.111. The third-order valence-corrected chi connectivity index (χ3v) is 3.04. The molecule has 0 unspecified atom stereocenters. The fourth-order valence-electron chi connectivity index (χ4n) is 1.46. The van der Waals surface area contributed by atoms with Gasteiger partial charge in [-0.2, -0.15) is 0 Å². The summed E-state index contributed by atoms with van der Waals surface area (Å²) in [6, 6.07) is 0. The molecule has 3 nitrogen and oxygen atoms in total. The van der Waals surface area contributed by atoms with Gasteiger partial charge in [-0.15, -0.1) is 11.3 Å². The third-order valence-electron chi connectivity index (χ3n) is 2.23. The van der Waals surface area contributed by atoms with Crippen molar-refractivity contribution in [2.45, 2.75) is 52.6 Å². The van der Waals surface area contributed by atoms with E-state index in [0.717, 1.165) is 5.56 Å². The SMILES string of the molecule is CC(C)(C)OC(=O)c1c(C(C)(C)C)csc1N. The lowest BCUT2D eigenvalue weighted by atomic mass is 9.86. The molecule has 1 rings (SSSR count). The zero-order chi connectivity index (χ0) is 13.4. The van der Waals surface area contributed by atoms with Crippen LogP contribution in [0.5, 0.6) is 0 Å². The quantitative estimate of drug-likeness (QED) is 0.780. The lowest BCUT2D eigenvalue weighted by Gasteiger charge is -2.23. The molecule has 17 heavy (non-hydrogen) atoms. The van der Waals surface area contributed by atoms with Crippen LogP contribution in [0, 0.1) is 0 Å². The summed E-state index contributed by atoms with van der Waals surface area (Å²) in [4.78, 5) is 12.1. The second-order valence-electron chi connectivity index (χ2n) is 6.14. The highest BCUT2D eigenvalue weighted by atomic mass is 32.1. The average Bonchev–Trinajstić information content (AvgIpc) is 2.42. The monoisotopic (exact) mass is 255 g/mol. The van der Waals surface area contributed by atoms with Crippen molar-refractivity contribution in [3.05, 3.63) is 16.5 Å². The van der Waals surface area contributed by atoms with Crippen molar-refractivity contribution in [1.29, 1.82) is 0 Å². The summed E-state index contributed by atoms with van der Waals surface area (Å²) in [6.07, 6.45) is 0. The minimum atomic E-state index is -0.499. The van der Waals surface area contributed by atoms with Gasteiger partial charge >= 0.3 is 5.97 Å². The highest BCUT2D eigenvalue weighted by molar-refractivity contribution is 7.14. The molecule has 4 heteroatoms. The first-order valence-corrected chi connectivity index (χ1v) is 6.51. The van der Waals surface area contributed by atoms with E-state index in [1.807, 2.05) is 26.2 Å². The summed E-state index contributed by atoms with van der Waals surface area (Å²) in [7, 11) is 0. The van der Waals surface area contributed by atoms with Crippen molar-refractivity contribution >= 4 is 22.3 Å². The molecule has 0 atom stereocenters. The van der Waals surface area contributed by atoms with E-state index in [9.17, 15) is 4.79 Å². The molecule has 1 aromatic rings. The van der Waals surface area contributed by atoms with Gasteiger partial charge in [0, 0.05) is 0 Å². The van der Waals surface area contributed by atoms with E-state index < -0.39 is 5.60 Å². The van der Waals surface area contributed by atoms with Gasteiger partial charge in [0.15, 0.2) is 0 Å². The number of carbonyl (C=O) groups excluding carboxylic acids is 1. The average molecular weight is 255 g/mol. The first-order valence-electron chi connectivity index (χ1n) is 5.63. The first kappa shape index (κ1) is 14.0. The van der Waals surface area contributed by atoms with Crippen LogP contribution in [0.1, 0.15) is 57.5 Å². The van der Waals surface area contributed by atoms with Gasteiger partial charge in [-0.05, 0) is 37.1 Å². The summed E-state index contributed by atoms with van der Waals surface area (Å²) in [5, 5.41) is 2.47. The first-order chi connectivity index (χ1) is 7.52. The Morgan fingerprint density at radius 1 is 1.24 bits per heavy atom. The van der Waals surface area contributed by atoms with Crippen molar-refractivity contribution in [1.82, 2.24) is 0 Å². The number of nitrogen functional groups attached to an aromatic ring is 1. The van der Waals surface area contributed by atoms with E-state index in [-0.39, 0.29) is 11.4 Å². The zero-order valence-corrected chi connectivity index (χ0v) is 12.2. The molecule has 0 aliphatic carbocycles. The van der Waals surface area contributed by atoms with Crippen LogP contribution >= 0.6 is 11.3 Å². The van der Waals surface area contributed by atoms with Gasteiger partial charge < -0.3 is 10.5 Å². The fourth-order valence-corrected chi connectivity index (χ4v) is 2.49. The van der Waals surface area contributed by atoms with Crippen molar-refractivity contribution in [3.8, 4) is 0 Å². The molecular weight excluding hydrogens is 234 g/mol. The number of carbonyl (C=O) groups is 1. The molecule has 0 spiro atoms. The van der Waals surface area contributed by atoms with Gasteiger partial charge in [0.05, 0.1) is 5.56 Å². The highest BCUT2D eigenvalue weighted by Gasteiger charge is 2.28. The molecule has 0 bridgehead atoms. The summed E-state index contributed by atoms with van der Waals surface area (Å²) in [5.74, 6) is -0.332. The molecule has 0 saturated carbocycles. The Kier molecular flexibility index (Phi) is 3.58. The molecule has 0 amide bonds. The van der Waals surface area contributed by atoms with E-state index in [4.69, 9.17) is 10.5 Å². The molecule has 1 heterocycles. The summed E-state index contributed by atoms with van der Waals surface area (Å²) in [5.41, 5.74) is 6.74. The summed E-state index contributed by atoms with van der Waals surface area (Å²) in [6.45, 7) is 11.7. The summed E-state index contributed by atoms with van der Waals surface area (Å²) < 4.78 is 5.39. The maximum atomic E-state index is 12.1. The smallest absolute Gasteiger partial charge is 0.341 e. The van der Waals surface area contributed by atoms with Crippen molar-refractivity contribution < 1.29 is 9.53 Å². The van der Waals surface area contributed by atoms with Gasteiger partial charge in [-0.25, -0.2) is 4.79 Å². The number of hydrogen-bond acceptors (Lipinski definition) is 4. The van der Waals surface area contributed by atoms with Crippen molar-refractivity contribution in [3.63, 3.8) is 0 Å². The maximum absolute atomic E-state index is 12.1. The van der Waals surface area contributed by atoms with Gasteiger partial charge in [0.25, 0.3) is 0 Å². The third kappa shape index (κ3) is 3.46. The number of nitrogens with two attached hydrogens (primary N) is 1. The maximum Gasteiger partial charge on any atom is 0.341 e. The van der Waals surface area contributed by atoms with E-state index in [2.05, 4.69) is 20.8 Å². The van der Waals surface area contributed by atoms with Crippen LogP contribution in [-0.2, 0) is 10.2 Å². The Labute approximate surface area is 107 Å². The zero-order valence-electron chi connectivity index (χ0n) is 11.4. The number of ether oxygens (including phenoxy) is 1. The molecule has 2 N–H and O–H groups in total. The second kappa shape index (κ2) is 4.33. The largest absolute Gasteiger partial charge is 0.456 e. The highest BCUT2D eigenvalue weighted by Crippen LogP contribution is 2.35. The van der Waals surface area contributed by atoms with E-state index in [0.29, 0.717) is 10.6 Å². The predicted octanol–water partition coefficient (Wildman–Crippen LogP) is 3.58. The molecule has 0 radical (unpaired) electrons. The topological polar surface area (TPSA) is 52.3 Å². The van der Waals surface area contributed by atoms with Crippen LogP contribution in [0.3, 0.4) is 0 Å². The Morgan fingerprint density at radius 2 is 1.76 bits per heavy atom. The molecular formula is C13H21NO2S. The van der Waals surface area contributed by atoms with Gasteiger partial charge in [-0.3, -0.25) is 0 Å². The van der Waals surface area contributed by atoms with E-state index in [1.54, 1.807) is 0 Å². The predicted molar refractivity (Wildman–Crippen MR) is 72.6 cm³/mol. The Hall–Kier alpha value is -1.03. The van der Waals surface area contributed by atoms with Crippen LogP contribution in [-0.4, -0.2) is 11.6 Å². The Morgan fingerprint density at radius 3 is 2.18 bits per heavy atom. The Balaban J connectivity index is 3.14. The number of thiophene rings is 1. The van der Waals surface area contributed by atoms with Crippen molar-refractivity contribution in [2.75, 3.05) is 5.73 Å². The number of anilines is 1. The molecule has 0 saturated heterocycles. The second-order valence-corrected chi connectivity index (χ2v) is 7.05. The van der Waals surface area contributed by atoms with Crippen LogP contribution in [0.25, 0.3) is 0 Å². The minimum Gasteiger partial charge on any atom is -0.456 e. The summed E-state index contributed by atoms with van der Waals surface area (Å²) >= 11 is 1.39. The number of esters is 1. The Bertz CT molecular complexity index is 422. The number of hydrogen-bond donors (Lipinski definition) is 1. The standard InChI is InChI=1S/C13H21NO2S/c1-12(2,3)8-7-17-10(14)9(8)11(15)16-13(4,5)6/h7H,14H2,1-6H3. The molecule has 0 aliphatic heterocycles.